The van der Waals surface area contributed by atoms with Crippen LogP contribution in [-0.2, 0) is 11.2 Å². The Morgan fingerprint density at radius 3 is 3.20 bits per heavy atom. The maximum absolute atomic E-state index is 11.9. The number of aromatic amines is 1. The van der Waals surface area contributed by atoms with Gasteiger partial charge in [0.2, 0.25) is 5.91 Å². The summed E-state index contributed by atoms with van der Waals surface area (Å²) in [5, 5.41) is 10.8. The van der Waals surface area contributed by atoms with Crippen LogP contribution in [0.5, 0.6) is 0 Å². The third-order valence-electron chi connectivity index (χ3n) is 3.46. The van der Waals surface area contributed by atoms with Gasteiger partial charge in [-0.3, -0.25) is 9.89 Å². The fraction of sp³-hybridized carbons (Fsp3) is 0.429. The number of aryl methyl sites for hydroxylation is 1. The number of carbonyl (C=O) groups is 1. The molecule has 2 aromatic heterocycles. The number of nitrogens with one attached hydrogen (secondary N) is 2. The molecule has 1 atom stereocenters. The average Bonchev–Trinajstić information content (AvgIpc) is 3.10. The molecule has 0 bridgehead atoms. The van der Waals surface area contributed by atoms with Crippen molar-refractivity contribution >= 4 is 23.1 Å². The van der Waals surface area contributed by atoms with Crippen molar-refractivity contribution in [2.24, 2.45) is 0 Å². The van der Waals surface area contributed by atoms with Crippen molar-refractivity contribution in [1.82, 2.24) is 15.2 Å². The number of aromatic nitrogens is 3. The molecule has 1 fully saturated rings. The van der Waals surface area contributed by atoms with Gasteiger partial charge in [-0.1, -0.05) is 0 Å². The molecule has 0 spiro atoms. The van der Waals surface area contributed by atoms with Gasteiger partial charge < -0.3 is 5.32 Å². The Morgan fingerprint density at radius 2 is 2.50 bits per heavy atom. The lowest BCUT2D eigenvalue weighted by atomic mass is 10.0. The highest BCUT2D eigenvalue weighted by molar-refractivity contribution is 7.11. The Morgan fingerprint density at radius 1 is 1.60 bits per heavy atom. The summed E-state index contributed by atoms with van der Waals surface area (Å²) in [7, 11) is 0. The van der Waals surface area contributed by atoms with Gasteiger partial charge in [-0.2, -0.15) is 5.10 Å². The predicted molar refractivity (Wildman–Crippen MR) is 78.7 cm³/mol. The highest BCUT2D eigenvalue weighted by atomic mass is 32.1. The molecule has 0 saturated heterocycles. The molecule has 1 saturated carbocycles. The average molecular weight is 289 g/mol. The molecular weight excluding hydrogens is 272 g/mol. The molecule has 0 aromatic carbocycles. The molecule has 2 N–H and O–H groups in total. The van der Waals surface area contributed by atoms with Crippen LogP contribution in [0, 0.1) is 13.3 Å². The summed E-state index contributed by atoms with van der Waals surface area (Å²) < 4.78 is 0. The molecule has 1 radical (unpaired) electrons. The van der Waals surface area contributed by atoms with Gasteiger partial charge in [0.15, 0.2) is 5.82 Å². The number of carbonyl (C=O) groups excluding carboxylic acids is 1. The number of H-pyrrole nitrogens is 1. The number of thiazole rings is 1. The second kappa shape index (κ2) is 5.75. The van der Waals surface area contributed by atoms with E-state index in [0.29, 0.717) is 18.2 Å². The molecule has 2 aromatic rings. The highest BCUT2D eigenvalue weighted by Gasteiger charge is 2.19. The van der Waals surface area contributed by atoms with Crippen LogP contribution >= 0.6 is 11.3 Å². The fourth-order valence-electron chi connectivity index (χ4n) is 2.46. The van der Waals surface area contributed by atoms with Gasteiger partial charge in [-0.15, -0.1) is 11.3 Å². The maximum Gasteiger partial charge on any atom is 0.232 e. The van der Waals surface area contributed by atoms with Gasteiger partial charge in [-0.25, -0.2) is 4.98 Å². The Hall–Kier alpha value is -1.69. The van der Waals surface area contributed by atoms with Crippen LogP contribution in [-0.4, -0.2) is 21.1 Å². The molecule has 1 aliphatic rings. The van der Waals surface area contributed by atoms with Crippen LogP contribution in [0.15, 0.2) is 12.3 Å². The van der Waals surface area contributed by atoms with Crippen LogP contribution in [0.4, 0.5) is 5.82 Å². The number of anilines is 1. The number of rotatable bonds is 4. The molecule has 20 heavy (non-hydrogen) atoms. The lowest BCUT2D eigenvalue weighted by Gasteiger charge is -2.03. The summed E-state index contributed by atoms with van der Waals surface area (Å²) >= 11 is 1.55. The predicted octanol–water partition coefficient (Wildman–Crippen LogP) is 2.83. The monoisotopic (exact) mass is 289 g/mol. The van der Waals surface area contributed by atoms with Gasteiger partial charge >= 0.3 is 0 Å². The van der Waals surface area contributed by atoms with E-state index in [4.69, 9.17) is 0 Å². The third-order valence-corrected chi connectivity index (χ3v) is 4.37. The first kappa shape index (κ1) is 13.3. The quantitative estimate of drug-likeness (QED) is 0.909. The summed E-state index contributed by atoms with van der Waals surface area (Å²) in [5.74, 6) is 1.05. The first-order valence-corrected chi connectivity index (χ1v) is 7.60. The lowest BCUT2D eigenvalue weighted by molar-refractivity contribution is -0.115. The topological polar surface area (TPSA) is 70.7 Å². The summed E-state index contributed by atoms with van der Waals surface area (Å²) in [6, 6.07) is 1.94. The zero-order valence-electron chi connectivity index (χ0n) is 11.3. The van der Waals surface area contributed by atoms with Crippen molar-refractivity contribution in [2.45, 2.75) is 38.5 Å². The van der Waals surface area contributed by atoms with E-state index in [2.05, 4.69) is 26.9 Å². The second-order valence-corrected chi connectivity index (χ2v) is 6.42. The van der Waals surface area contributed by atoms with E-state index in [1.807, 2.05) is 13.0 Å². The minimum Gasteiger partial charge on any atom is -0.309 e. The molecule has 0 unspecified atom stereocenters. The molecule has 1 aliphatic carbocycles. The van der Waals surface area contributed by atoms with Gasteiger partial charge in [0.25, 0.3) is 0 Å². The number of hydrogen-bond acceptors (Lipinski definition) is 4. The minimum absolute atomic E-state index is 0.0737. The molecular formula is C14H17N4OS. The van der Waals surface area contributed by atoms with E-state index in [-0.39, 0.29) is 5.91 Å². The maximum atomic E-state index is 11.9. The summed E-state index contributed by atoms with van der Waals surface area (Å²) in [5.41, 5.74) is 1.11. The Labute approximate surface area is 121 Å². The van der Waals surface area contributed by atoms with Crippen LogP contribution < -0.4 is 5.32 Å². The van der Waals surface area contributed by atoms with E-state index in [0.717, 1.165) is 34.8 Å². The summed E-state index contributed by atoms with van der Waals surface area (Å²) in [6.45, 7) is 1.98. The van der Waals surface area contributed by atoms with Crippen molar-refractivity contribution in [3.05, 3.63) is 34.3 Å². The SMILES string of the molecule is Cc1cnc(CC(=O)Nc2cc([C@H]3C[CH]CC3)[nH]n2)s1. The smallest absolute Gasteiger partial charge is 0.232 e. The Kier molecular flexibility index (Phi) is 3.82. The van der Waals surface area contributed by atoms with Gasteiger partial charge in [0.05, 0.1) is 6.42 Å². The van der Waals surface area contributed by atoms with Crippen molar-refractivity contribution in [2.75, 3.05) is 5.32 Å². The zero-order valence-corrected chi connectivity index (χ0v) is 12.2. The van der Waals surface area contributed by atoms with Crippen molar-refractivity contribution in [3.63, 3.8) is 0 Å². The lowest BCUT2D eigenvalue weighted by Crippen LogP contribution is -2.14. The van der Waals surface area contributed by atoms with Crippen LogP contribution in [0.2, 0.25) is 0 Å². The molecule has 3 rings (SSSR count). The van der Waals surface area contributed by atoms with E-state index in [1.54, 1.807) is 17.5 Å². The third kappa shape index (κ3) is 3.07. The molecule has 1 amide bonds. The van der Waals surface area contributed by atoms with Crippen molar-refractivity contribution < 1.29 is 4.79 Å². The molecule has 6 heteroatoms. The molecule has 105 valence electrons. The second-order valence-electron chi connectivity index (χ2n) is 5.10. The fourth-order valence-corrected chi connectivity index (χ4v) is 3.24. The highest BCUT2D eigenvalue weighted by Crippen LogP contribution is 2.33. The van der Waals surface area contributed by atoms with E-state index < -0.39 is 0 Å². The van der Waals surface area contributed by atoms with Gasteiger partial charge in [0.1, 0.15) is 5.01 Å². The zero-order chi connectivity index (χ0) is 13.9. The summed E-state index contributed by atoms with van der Waals surface area (Å²) in [6.07, 6.45) is 7.81. The molecule has 2 heterocycles. The van der Waals surface area contributed by atoms with Gasteiger partial charge in [-0.05, 0) is 32.6 Å². The first-order valence-electron chi connectivity index (χ1n) is 6.79. The number of hydrogen-bond donors (Lipinski definition) is 2. The largest absolute Gasteiger partial charge is 0.309 e. The Balaban J connectivity index is 1.58. The van der Waals surface area contributed by atoms with E-state index in [9.17, 15) is 4.79 Å². The van der Waals surface area contributed by atoms with Crippen LogP contribution in [0.1, 0.15) is 40.8 Å². The van der Waals surface area contributed by atoms with E-state index >= 15 is 0 Å². The number of amides is 1. The minimum atomic E-state index is -0.0737. The molecule has 5 nitrogen and oxygen atoms in total. The van der Waals surface area contributed by atoms with Gasteiger partial charge in [0, 0.05) is 28.8 Å². The normalized spacial score (nSPS) is 15.7. The van der Waals surface area contributed by atoms with Crippen LogP contribution in [0.3, 0.4) is 0 Å². The van der Waals surface area contributed by atoms with Crippen molar-refractivity contribution in [1.29, 1.82) is 0 Å². The number of nitrogens with zero attached hydrogens (tertiary/aromatic N) is 2. The standard InChI is InChI=1S/C14H17N4OS/c1-9-8-15-14(20-9)7-13(19)16-12-6-11(17-18-12)10-4-2-3-5-10/h2,6,8,10H,3-5,7H2,1H3,(H2,16,17,18,19)/t10-/m0/s1. The molecule has 0 aliphatic heterocycles. The van der Waals surface area contributed by atoms with E-state index in [1.165, 1.54) is 0 Å². The van der Waals surface area contributed by atoms with Crippen molar-refractivity contribution in [3.8, 4) is 0 Å². The first-order chi connectivity index (χ1) is 9.70. The Bertz CT molecular complexity index is 598. The van der Waals surface area contributed by atoms with Crippen LogP contribution in [0.25, 0.3) is 0 Å². The summed E-state index contributed by atoms with van der Waals surface area (Å²) in [4.78, 5) is 17.2.